The van der Waals surface area contributed by atoms with E-state index in [4.69, 9.17) is 0 Å². The maximum absolute atomic E-state index is 4.23. The van der Waals surface area contributed by atoms with Gasteiger partial charge >= 0.3 is 0 Å². The summed E-state index contributed by atoms with van der Waals surface area (Å²) >= 11 is 0. The van der Waals surface area contributed by atoms with E-state index in [1.165, 1.54) is 0 Å². The highest BCUT2D eigenvalue weighted by atomic mass is 15.3. The average molecular weight is 217 g/mol. The van der Waals surface area contributed by atoms with Crippen molar-refractivity contribution in [3.05, 3.63) is 25.2 Å². The predicted molar refractivity (Wildman–Crippen MR) is 64.2 cm³/mol. The van der Waals surface area contributed by atoms with Crippen LogP contribution in [0.15, 0.2) is 25.2 Å². The monoisotopic (exact) mass is 217 g/mol. The molecule has 2 aromatic rings. The number of nitrogens with zero attached hydrogens (tertiary/aromatic N) is 4. The van der Waals surface area contributed by atoms with Gasteiger partial charge in [-0.05, 0) is 13.3 Å². The van der Waals surface area contributed by atoms with Gasteiger partial charge in [0.05, 0.1) is 11.6 Å². The van der Waals surface area contributed by atoms with E-state index in [1.807, 2.05) is 13.1 Å². The molecule has 84 valence electrons. The number of aryl methyl sites for hydroxylation is 1. The fourth-order valence-corrected chi connectivity index (χ4v) is 1.62. The molecule has 2 rings (SSSR count). The highest BCUT2D eigenvalue weighted by Gasteiger charge is 2.09. The molecule has 0 aliphatic rings. The quantitative estimate of drug-likeness (QED) is 0.792. The Morgan fingerprint density at radius 3 is 3.12 bits per heavy atom. The van der Waals surface area contributed by atoms with Gasteiger partial charge in [0.25, 0.3) is 0 Å². The third kappa shape index (κ3) is 1.88. The molecule has 0 fully saturated rings. The van der Waals surface area contributed by atoms with Crippen molar-refractivity contribution in [3.63, 3.8) is 0 Å². The summed E-state index contributed by atoms with van der Waals surface area (Å²) in [5.74, 6) is 0.826. The van der Waals surface area contributed by atoms with Gasteiger partial charge in [0, 0.05) is 13.1 Å². The summed E-state index contributed by atoms with van der Waals surface area (Å²) in [4.78, 5) is 8.42. The van der Waals surface area contributed by atoms with Crippen molar-refractivity contribution < 1.29 is 0 Å². The molecule has 1 atom stereocenters. The molecule has 1 N–H and O–H groups in total. The van der Waals surface area contributed by atoms with E-state index in [0.717, 1.165) is 23.3 Å². The van der Waals surface area contributed by atoms with Crippen LogP contribution >= 0.6 is 0 Å². The summed E-state index contributed by atoms with van der Waals surface area (Å²) in [6.45, 7) is 5.81. The normalized spacial score (nSPS) is 12.6. The minimum atomic E-state index is 0.302. The molecule has 16 heavy (non-hydrogen) atoms. The van der Waals surface area contributed by atoms with Gasteiger partial charge in [-0.3, -0.25) is 4.68 Å². The Hall–Kier alpha value is -1.91. The van der Waals surface area contributed by atoms with Crippen LogP contribution in [0.25, 0.3) is 11.0 Å². The molecule has 0 saturated heterocycles. The molecule has 1 unspecified atom stereocenters. The molecule has 0 spiro atoms. The number of hydrogen-bond acceptors (Lipinski definition) is 4. The second-order valence-corrected chi connectivity index (χ2v) is 3.80. The minimum absolute atomic E-state index is 0.302. The fraction of sp³-hybridized carbons (Fsp3) is 0.364. The largest absolute Gasteiger partial charge is 0.367 e. The van der Waals surface area contributed by atoms with Crippen molar-refractivity contribution in [1.29, 1.82) is 0 Å². The highest BCUT2D eigenvalue weighted by Crippen LogP contribution is 2.18. The SMILES string of the molecule is C=CCC(C)Nc1ncnc2c1cnn2C. The maximum atomic E-state index is 4.23. The summed E-state index contributed by atoms with van der Waals surface area (Å²) in [6.07, 6.45) is 6.11. The number of aromatic nitrogens is 4. The van der Waals surface area contributed by atoms with Gasteiger partial charge in [0.1, 0.15) is 12.1 Å². The Morgan fingerprint density at radius 2 is 2.38 bits per heavy atom. The lowest BCUT2D eigenvalue weighted by Gasteiger charge is -2.12. The first-order chi connectivity index (χ1) is 7.72. The van der Waals surface area contributed by atoms with Crippen LogP contribution in [0.2, 0.25) is 0 Å². The molecule has 2 heterocycles. The standard InChI is InChI=1S/C11H15N5/c1-4-5-8(2)15-10-9-6-14-16(3)11(9)13-7-12-10/h4,6-8H,1,5H2,2-3H3,(H,12,13,15). The van der Waals surface area contributed by atoms with Crippen molar-refractivity contribution in [1.82, 2.24) is 19.7 Å². The Morgan fingerprint density at radius 1 is 1.56 bits per heavy atom. The molecule has 0 aliphatic heterocycles. The van der Waals surface area contributed by atoms with Crippen LogP contribution in [-0.4, -0.2) is 25.8 Å². The number of hydrogen-bond donors (Lipinski definition) is 1. The molecule has 5 heteroatoms. The van der Waals surface area contributed by atoms with Crippen molar-refractivity contribution in [2.45, 2.75) is 19.4 Å². The Balaban J connectivity index is 2.33. The lowest BCUT2D eigenvalue weighted by Crippen LogP contribution is -2.15. The van der Waals surface area contributed by atoms with Gasteiger partial charge in [-0.1, -0.05) is 6.08 Å². The molecule has 2 aromatic heterocycles. The molecule has 0 amide bonds. The first-order valence-electron chi connectivity index (χ1n) is 5.22. The Labute approximate surface area is 94.2 Å². The van der Waals surface area contributed by atoms with E-state index < -0.39 is 0 Å². The van der Waals surface area contributed by atoms with E-state index >= 15 is 0 Å². The van der Waals surface area contributed by atoms with E-state index in [9.17, 15) is 0 Å². The van der Waals surface area contributed by atoms with E-state index in [0.29, 0.717) is 6.04 Å². The van der Waals surface area contributed by atoms with Crippen molar-refractivity contribution >= 4 is 16.9 Å². The Kier molecular flexibility index (Phi) is 2.85. The van der Waals surface area contributed by atoms with Crippen LogP contribution in [0.5, 0.6) is 0 Å². The summed E-state index contributed by atoms with van der Waals surface area (Å²) in [5.41, 5.74) is 0.836. The van der Waals surface area contributed by atoms with E-state index in [1.54, 1.807) is 17.2 Å². The zero-order valence-electron chi connectivity index (χ0n) is 9.51. The molecular weight excluding hydrogens is 202 g/mol. The second-order valence-electron chi connectivity index (χ2n) is 3.80. The summed E-state index contributed by atoms with van der Waals surface area (Å²) < 4.78 is 1.74. The summed E-state index contributed by atoms with van der Waals surface area (Å²) in [5, 5.41) is 8.43. The molecule has 0 radical (unpaired) electrons. The topological polar surface area (TPSA) is 55.6 Å². The van der Waals surface area contributed by atoms with Crippen molar-refractivity contribution in [2.24, 2.45) is 7.05 Å². The average Bonchev–Trinajstić information content (AvgIpc) is 2.62. The van der Waals surface area contributed by atoms with Gasteiger partial charge in [-0.25, -0.2) is 9.97 Å². The molecule has 5 nitrogen and oxygen atoms in total. The highest BCUT2D eigenvalue weighted by molar-refractivity contribution is 5.86. The van der Waals surface area contributed by atoms with Gasteiger partial charge in [0.2, 0.25) is 0 Å². The second kappa shape index (κ2) is 4.30. The Bertz CT molecular complexity index is 502. The minimum Gasteiger partial charge on any atom is -0.367 e. The fourth-order valence-electron chi connectivity index (χ4n) is 1.62. The number of rotatable bonds is 4. The molecule has 0 aliphatic carbocycles. The first kappa shape index (κ1) is 10.6. The van der Waals surface area contributed by atoms with Crippen LogP contribution in [0.3, 0.4) is 0 Å². The first-order valence-corrected chi connectivity index (χ1v) is 5.22. The zero-order chi connectivity index (χ0) is 11.5. The third-order valence-electron chi connectivity index (χ3n) is 2.43. The maximum Gasteiger partial charge on any atom is 0.163 e. The van der Waals surface area contributed by atoms with Crippen LogP contribution in [0.1, 0.15) is 13.3 Å². The predicted octanol–water partition coefficient (Wildman–Crippen LogP) is 1.74. The van der Waals surface area contributed by atoms with Gasteiger partial charge < -0.3 is 5.32 Å². The summed E-state index contributed by atoms with van der Waals surface area (Å²) in [7, 11) is 1.87. The molecule has 0 bridgehead atoms. The molecule has 0 saturated carbocycles. The van der Waals surface area contributed by atoms with Crippen LogP contribution in [0, 0.1) is 0 Å². The number of nitrogens with one attached hydrogen (secondary N) is 1. The van der Waals surface area contributed by atoms with Gasteiger partial charge in [-0.2, -0.15) is 5.10 Å². The van der Waals surface area contributed by atoms with E-state index in [-0.39, 0.29) is 0 Å². The summed E-state index contributed by atoms with van der Waals surface area (Å²) in [6, 6.07) is 0.302. The zero-order valence-corrected chi connectivity index (χ0v) is 9.51. The van der Waals surface area contributed by atoms with Gasteiger partial charge in [0.15, 0.2) is 5.65 Å². The van der Waals surface area contributed by atoms with Crippen LogP contribution in [-0.2, 0) is 7.05 Å². The lowest BCUT2D eigenvalue weighted by molar-refractivity contribution is 0.784. The van der Waals surface area contributed by atoms with Gasteiger partial charge in [-0.15, -0.1) is 6.58 Å². The molecule has 0 aromatic carbocycles. The number of fused-ring (bicyclic) bond motifs is 1. The third-order valence-corrected chi connectivity index (χ3v) is 2.43. The van der Waals surface area contributed by atoms with Crippen molar-refractivity contribution in [2.75, 3.05) is 5.32 Å². The van der Waals surface area contributed by atoms with Crippen LogP contribution < -0.4 is 5.32 Å². The number of anilines is 1. The molecular formula is C11H15N5. The van der Waals surface area contributed by atoms with Crippen molar-refractivity contribution in [3.8, 4) is 0 Å². The van der Waals surface area contributed by atoms with Crippen LogP contribution in [0.4, 0.5) is 5.82 Å². The smallest absolute Gasteiger partial charge is 0.163 e. The van der Waals surface area contributed by atoms with E-state index in [2.05, 4.69) is 33.9 Å². The lowest BCUT2D eigenvalue weighted by atomic mass is 10.2.